The van der Waals surface area contributed by atoms with E-state index in [1.54, 1.807) is 50.6 Å². The molecule has 1 aromatic heterocycles. The van der Waals surface area contributed by atoms with Crippen molar-refractivity contribution in [2.45, 2.75) is 6.61 Å². The highest BCUT2D eigenvalue weighted by atomic mass is 16.5. The molecule has 2 aromatic carbocycles. The van der Waals surface area contributed by atoms with Gasteiger partial charge in [-0.15, -0.1) is 0 Å². The Kier molecular flexibility index (Phi) is 4.94. The van der Waals surface area contributed by atoms with E-state index in [0.717, 1.165) is 11.8 Å². The summed E-state index contributed by atoms with van der Waals surface area (Å²) in [5.41, 5.74) is 1.32. The van der Waals surface area contributed by atoms with Gasteiger partial charge in [-0.2, -0.15) is 4.98 Å². The fraction of sp³-hybridized carbons (Fsp3) is 0.167. The molecule has 0 unspecified atom stereocenters. The molecule has 25 heavy (non-hydrogen) atoms. The first-order chi connectivity index (χ1) is 12.2. The van der Waals surface area contributed by atoms with E-state index in [1.807, 2.05) is 6.07 Å². The molecule has 0 radical (unpaired) electrons. The number of hydrogen-bond donors (Lipinski definition) is 0. The number of benzene rings is 2. The van der Waals surface area contributed by atoms with Gasteiger partial charge in [-0.25, -0.2) is 0 Å². The smallest absolute Gasteiger partial charge is 0.264 e. The standard InChI is InChI=1S/C18H16N2O5/c1-22-15-8-5-13(9-16(15)23-2)18-19-17(25-20-18)11-24-14-6-3-12(10-21)4-7-14/h3-10H,11H2,1-2H3. The van der Waals surface area contributed by atoms with E-state index >= 15 is 0 Å². The fourth-order valence-corrected chi connectivity index (χ4v) is 2.19. The lowest BCUT2D eigenvalue weighted by atomic mass is 10.2. The van der Waals surface area contributed by atoms with Crippen LogP contribution in [0.2, 0.25) is 0 Å². The largest absolute Gasteiger partial charge is 0.493 e. The van der Waals surface area contributed by atoms with Gasteiger partial charge < -0.3 is 18.7 Å². The Labute approximate surface area is 144 Å². The molecule has 0 bridgehead atoms. The monoisotopic (exact) mass is 340 g/mol. The molecule has 0 spiro atoms. The van der Waals surface area contributed by atoms with Gasteiger partial charge in [-0.3, -0.25) is 4.79 Å². The lowest BCUT2D eigenvalue weighted by Crippen LogP contribution is -1.96. The van der Waals surface area contributed by atoms with Gasteiger partial charge in [0.25, 0.3) is 5.89 Å². The van der Waals surface area contributed by atoms with Crippen molar-refractivity contribution in [2.24, 2.45) is 0 Å². The Balaban J connectivity index is 1.70. The second kappa shape index (κ2) is 7.48. The van der Waals surface area contributed by atoms with Gasteiger partial charge in [0, 0.05) is 11.1 Å². The van der Waals surface area contributed by atoms with Crippen molar-refractivity contribution < 1.29 is 23.5 Å². The van der Waals surface area contributed by atoms with Crippen molar-refractivity contribution in [1.82, 2.24) is 10.1 Å². The maximum Gasteiger partial charge on any atom is 0.264 e. The van der Waals surface area contributed by atoms with Crippen molar-refractivity contribution in [1.29, 1.82) is 0 Å². The molecule has 3 aromatic rings. The quantitative estimate of drug-likeness (QED) is 0.611. The summed E-state index contributed by atoms with van der Waals surface area (Å²) in [5.74, 6) is 2.58. The van der Waals surface area contributed by atoms with Crippen LogP contribution in [0.1, 0.15) is 16.2 Å². The molecule has 0 amide bonds. The Morgan fingerprint density at radius 3 is 2.48 bits per heavy atom. The van der Waals surface area contributed by atoms with Gasteiger partial charge in [-0.1, -0.05) is 5.16 Å². The topological polar surface area (TPSA) is 83.7 Å². The number of carbonyl (C=O) groups excluding carboxylic acids is 1. The number of aromatic nitrogens is 2. The van der Waals surface area contributed by atoms with Crippen LogP contribution in [0.25, 0.3) is 11.4 Å². The third-order valence-corrected chi connectivity index (χ3v) is 3.49. The Morgan fingerprint density at radius 1 is 1.04 bits per heavy atom. The highest BCUT2D eigenvalue weighted by molar-refractivity contribution is 5.74. The minimum Gasteiger partial charge on any atom is -0.493 e. The van der Waals surface area contributed by atoms with Gasteiger partial charge in [0.2, 0.25) is 5.82 Å². The van der Waals surface area contributed by atoms with Crippen LogP contribution in [-0.4, -0.2) is 30.6 Å². The molecule has 7 heteroatoms. The number of nitrogens with zero attached hydrogens (tertiary/aromatic N) is 2. The van der Waals surface area contributed by atoms with E-state index < -0.39 is 0 Å². The van der Waals surface area contributed by atoms with Gasteiger partial charge in [0.05, 0.1) is 14.2 Å². The molecule has 0 aliphatic rings. The molecule has 0 fully saturated rings. The summed E-state index contributed by atoms with van der Waals surface area (Å²) in [5, 5.41) is 3.95. The number of carbonyl (C=O) groups is 1. The van der Waals surface area contributed by atoms with Gasteiger partial charge in [0.1, 0.15) is 12.0 Å². The number of hydrogen-bond acceptors (Lipinski definition) is 7. The predicted molar refractivity (Wildman–Crippen MR) is 89.0 cm³/mol. The zero-order valence-corrected chi connectivity index (χ0v) is 13.8. The maximum atomic E-state index is 10.6. The fourth-order valence-electron chi connectivity index (χ4n) is 2.19. The molecule has 0 aliphatic carbocycles. The van der Waals surface area contributed by atoms with Crippen LogP contribution >= 0.6 is 0 Å². The summed E-state index contributed by atoms with van der Waals surface area (Å²) >= 11 is 0. The van der Waals surface area contributed by atoms with Gasteiger partial charge in [0.15, 0.2) is 18.1 Å². The average molecular weight is 340 g/mol. The van der Waals surface area contributed by atoms with Gasteiger partial charge >= 0.3 is 0 Å². The number of aldehydes is 1. The van der Waals surface area contributed by atoms with Crippen LogP contribution in [0.5, 0.6) is 17.2 Å². The number of ether oxygens (including phenoxy) is 3. The van der Waals surface area contributed by atoms with E-state index in [9.17, 15) is 4.79 Å². The first-order valence-corrected chi connectivity index (χ1v) is 7.46. The van der Waals surface area contributed by atoms with Crippen molar-refractivity contribution >= 4 is 6.29 Å². The number of methoxy groups -OCH3 is 2. The molecule has 3 rings (SSSR count). The average Bonchev–Trinajstić information content (AvgIpc) is 3.15. The summed E-state index contributed by atoms with van der Waals surface area (Å²) in [7, 11) is 3.13. The zero-order valence-electron chi connectivity index (χ0n) is 13.8. The third-order valence-electron chi connectivity index (χ3n) is 3.49. The van der Waals surface area contributed by atoms with Crippen LogP contribution < -0.4 is 14.2 Å². The highest BCUT2D eigenvalue weighted by Crippen LogP contribution is 2.31. The first kappa shape index (κ1) is 16.5. The molecule has 1 heterocycles. The molecule has 0 atom stereocenters. The molecular weight excluding hydrogens is 324 g/mol. The maximum absolute atomic E-state index is 10.6. The molecule has 128 valence electrons. The Bertz CT molecular complexity index is 858. The van der Waals surface area contributed by atoms with Crippen LogP contribution in [0.3, 0.4) is 0 Å². The van der Waals surface area contributed by atoms with E-state index in [-0.39, 0.29) is 6.61 Å². The van der Waals surface area contributed by atoms with Crippen LogP contribution in [-0.2, 0) is 6.61 Å². The van der Waals surface area contributed by atoms with Crippen LogP contribution in [0.4, 0.5) is 0 Å². The van der Waals surface area contributed by atoms with Crippen molar-refractivity contribution in [3.63, 3.8) is 0 Å². The summed E-state index contributed by atoms with van der Waals surface area (Å²) in [4.78, 5) is 14.9. The lowest BCUT2D eigenvalue weighted by Gasteiger charge is -2.07. The van der Waals surface area contributed by atoms with Crippen molar-refractivity contribution in [3.8, 4) is 28.6 Å². The van der Waals surface area contributed by atoms with Crippen molar-refractivity contribution in [3.05, 3.63) is 53.9 Å². The van der Waals surface area contributed by atoms with Crippen LogP contribution in [0, 0.1) is 0 Å². The van der Waals surface area contributed by atoms with E-state index in [4.69, 9.17) is 18.7 Å². The third kappa shape index (κ3) is 3.77. The summed E-state index contributed by atoms with van der Waals surface area (Å²) in [6, 6.07) is 12.1. The van der Waals surface area contributed by atoms with Gasteiger partial charge in [-0.05, 0) is 42.5 Å². The highest BCUT2D eigenvalue weighted by Gasteiger charge is 2.12. The minimum atomic E-state index is 0.126. The predicted octanol–water partition coefficient (Wildman–Crippen LogP) is 3.15. The lowest BCUT2D eigenvalue weighted by molar-refractivity contribution is 0.112. The normalized spacial score (nSPS) is 10.3. The van der Waals surface area contributed by atoms with E-state index in [1.165, 1.54) is 0 Å². The molecule has 0 N–H and O–H groups in total. The molecular formula is C18H16N2O5. The molecule has 0 saturated carbocycles. The van der Waals surface area contributed by atoms with E-state index in [0.29, 0.717) is 34.5 Å². The van der Waals surface area contributed by atoms with Crippen molar-refractivity contribution in [2.75, 3.05) is 14.2 Å². The zero-order chi connectivity index (χ0) is 17.6. The molecule has 0 saturated heterocycles. The number of rotatable bonds is 7. The summed E-state index contributed by atoms with van der Waals surface area (Å²) < 4.78 is 21.2. The molecule has 7 nitrogen and oxygen atoms in total. The Hall–Kier alpha value is -3.35. The summed E-state index contributed by atoms with van der Waals surface area (Å²) in [6.45, 7) is 0.126. The van der Waals surface area contributed by atoms with E-state index in [2.05, 4.69) is 10.1 Å². The second-order valence-corrected chi connectivity index (χ2v) is 5.06. The summed E-state index contributed by atoms with van der Waals surface area (Å²) in [6.07, 6.45) is 0.775. The second-order valence-electron chi connectivity index (χ2n) is 5.06. The minimum absolute atomic E-state index is 0.126. The van der Waals surface area contributed by atoms with Crippen LogP contribution in [0.15, 0.2) is 47.0 Å². The SMILES string of the molecule is COc1ccc(-c2noc(COc3ccc(C=O)cc3)n2)cc1OC. The first-order valence-electron chi connectivity index (χ1n) is 7.46. The Morgan fingerprint density at radius 2 is 1.80 bits per heavy atom. The molecule has 0 aliphatic heterocycles.